The molecule has 0 saturated carbocycles. The molecular weight excluding hydrogens is 366 g/mol. The molecule has 4 nitrogen and oxygen atoms in total. The molecule has 0 aliphatic carbocycles. The van der Waals surface area contributed by atoms with Crippen LogP contribution >= 0.6 is 15.9 Å². The minimum Gasteiger partial charge on any atom is -0.497 e. The molecule has 2 aromatic rings. The number of hydrogen-bond acceptors (Lipinski definition) is 3. The van der Waals surface area contributed by atoms with Gasteiger partial charge in [-0.2, -0.15) is 0 Å². The second kappa shape index (κ2) is 7.26. The van der Waals surface area contributed by atoms with Crippen LogP contribution in [-0.4, -0.2) is 21.6 Å². The van der Waals surface area contributed by atoms with E-state index in [9.17, 15) is 8.42 Å². The molecule has 0 bridgehead atoms. The largest absolute Gasteiger partial charge is 0.497 e. The third kappa shape index (κ3) is 4.56. The first-order chi connectivity index (χ1) is 10.4. The summed E-state index contributed by atoms with van der Waals surface area (Å²) in [6.45, 7) is 1.84. The van der Waals surface area contributed by atoms with Crippen molar-refractivity contribution >= 4 is 26.0 Å². The summed E-state index contributed by atoms with van der Waals surface area (Å²) in [7, 11) is -1.92. The Kier molecular flexibility index (Phi) is 5.61. The highest BCUT2D eigenvalue weighted by molar-refractivity contribution is 9.10. The molecule has 0 spiro atoms. The molecule has 1 atom stereocenters. The number of ether oxygens (including phenoxy) is 1. The van der Waals surface area contributed by atoms with E-state index in [1.54, 1.807) is 31.4 Å². The number of halogens is 1. The predicted molar refractivity (Wildman–Crippen MR) is 90.6 cm³/mol. The fourth-order valence-corrected chi connectivity index (χ4v) is 4.00. The van der Waals surface area contributed by atoms with Gasteiger partial charge >= 0.3 is 0 Å². The molecule has 1 N–H and O–H groups in total. The third-order valence-corrected chi connectivity index (χ3v) is 5.22. The second-order valence-electron chi connectivity index (χ2n) is 5.04. The van der Waals surface area contributed by atoms with Gasteiger partial charge in [0.15, 0.2) is 0 Å². The van der Waals surface area contributed by atoms with Gasteiger partial charge in [0.1, 0.15) is 5.75 Å². The number of rotatable bonds is 6. The average Bonchev–Trinajstić information content (AvgIpc) is 2.46. The van der Waals surface area contributed by atoms with Crippen molar-refractivity contribution in [2.45, 2.75) is 24.3 Å². The number of benzene rings is 2. The molecule has 22 heavy (non-hydrogen) atoms. The molecule has 0 saturated heterocycles. The van der Waals surface area contributed by atoms with Crippen LogP contribution in [0.2, 0.25) is 0 Å². The Morgan fingerprint density at radius 2 is 1.91 bits per heavy atom. The van der Waals surface area contributed by atoms with Crippen LogP contribution in [0.25, 0.3) is 0 Å². The molecule has 0 aromatic heterocycles. The average molecular weight is 384 g/mol. The Labute approximate surface area is 139 Å². The van der Waals surface area contributed by atoms with Crippen LogP contribution in [0.15, 0.2) is 57.9 Å². The van der Waals surface area contributed by atoms with Crippen molar-refractivity contribution in [3.8, 4) is 5.75 Å². The minimum atomic E-state index is -3.53. The highest BCUT2D eigenvalue weighted by Crippen LogP contribution is 2.18. The SMILES string of the molecule is COc1cccc(CC(C)NS(=O)(=O)c2cccc(Br)c2)c1. The summed E-state index contributed by atoms with van der Waals surface area (Å²) in [5.74, 6) is 0.763. The Hall–Kier alpha value is -1.37. The minimum absolute atomic E-state index is 0.226. The fraction of sp³-hybridized carbons (Fsp3) is 0.250. The maximum absolute atomic E-state index is 12.4. The third-order valence-electron chi connectivity index (χ3n) is 3.14. The molecule has 6 heteroatoms. The smallest absolute Gasteiger partial charge is 0.240 e. The number of hydrogen-bond donors (Lipinski definition) is 1. The molecule has 0 fully saturated rings. The maximum Gasteiger partial charge on any atom is 0.240 e. The van der Waals surface area contributed by atoms with Gasteiger partial charge in [0, 0.05) is 10.5 Å². The number of sulfonamides is 1. The molecule has 0 aliphatic heterocycles. The van der Waals surface area contributed by atoms with Crippen LogP contribution < -0.4 is 9.46 Å². The van der Waals surface area contributed by atoms with E-state index in [4.69, 9.17) is 4.74 Å². The van der Waals surface area contributed by atoms with Gasteiger partial charge in [-0.25, -0.2) is 13.1 Å². The van der Waals surface area contributed by atoms with Crippen LogP contribution in [0.3, 0.4) is 0 Å². The van der Waals surface area contributed by atoms with Crippen molar-refractivity contribution in [1.82, 2.24) is 4.72 Å². The lowest BCUT2D eigenvalue weighted by Crippen LogP contribution is -2.34. The maximum atomic E-state index is 12.4. The van der Waals surface area contributed by atoms with Crippen LogP contribution in [0, 0.1) is 0 Å². The first-order valence-corrected chi connectivity index (χ1v) is 9.09. The summed E-state index contributed by atoms with van der Waals surface area (Å²) in [4.78, 5) is 0.249. The quantitative estimate of drug-likeness (QED) is 0.831. The molecule has 0 radical (unpaired) electrons. The topological polar surface area (TPSA) is 55.4 Å². The summed E-state index contributed by atoms with van der Waals surface area (Å²) in [5.41, 5.74) is 1.02. The van der Waals surface area contributed by atoms with Crippen LogP contribution in [0.5, 0.6) is 5.75 Å². The van der Waals surface area contributed by atoms with Gasteiger partial charge in [-0.15, -0.1) is 0 Å². The Morgan fingerprint density at radius 3 is 2.59 bits per heavy atom. The highest BCUT2D eigenvalue weighted by atomic mass is 79.9. The molecule has 0 aliphatic rings. The van der Waals surface area contributed by atoms with E-state index in [1.807, 2.05) is 31.2 Å². The molecule has 1 unspecified atom stereocenters. The van der Waals surface area contributed by atoms with E-state index in [2.05, 4.69) is 20.7 Å². The van der Waals surface area contributed by atoms with Crippen molar-refractivity contribution in [3.05, 3.63) is 58.6 Å². The summed E-state index contributed by atoms with van der Waals surface area (Å²) in [6.07, 6.45) is 0.588. The first kappa shape index (κ1) is 17.0. The van der Waals surface area contributed by atoms with Crippen LogP contribution in [0.4, 0.5) is 0 Å². The summed E-state index contributed by atoms with van der Waals surface area (Å²) >= 11 is 3.28. The van der Waals surface area contributed by atoms with Gasteiger partial charge in [0.05, 0.1) is 12.0 Å². The van der Waals surface area contributed by atoms with E-state index < -0.39 is 10.0 Å². The lowest BCUT2D eigenvalue weighted by molar-refractivity contribution is 0.414. The van der Waals surface area contributed by atoms with Gasteiger partial charge in [-0.1, -0.05) is 34.1 Å². The van der Waals surface area contributed by atoms with E-state index >= 15 is 0 Å². The van der Waals surface area contributed by atoms with Crippen LogP contribution in [0.1, 0.15) is 12.5 Å². The van der Waals surface area contributed by atoms with Gasteiger partial charge in [-0.3, -0.25) is 0 Å². The zero-order valence-corrected chi connectivity index (χ0v) is 14.8. The second-order valence-corrected chi connectivity index (χ2v) is 7.67. The van der Waals surface area contributed by atoms with E-state index in [0.717, 1.165) is 15.8 Å². The van der Waals surface area contributed by atoms with Crippen molar-refractivity contribution < 1.29 is 13.2 Å². The van der Waals surface area contributed by atoms with Gasteiger partial charge < -0.3 is 4.74 Å². The molecule has 2 rings (SSSR count). The van der Waals surface area contributed by atoms with E-state index in [0.29, 0.717) is 6.42 Å². The molecule has 0 amide bonds. The van der Waals surface area contributed by atoms with Crippen molar-refractivity contribution in [3.63, 3.8) is 0 Å². The number of nitrogens with one attached hydrogen (secondary N) is 1. The zero-order valence-electron chi connectivity index (χ0n) is 12.4. The zero-order chi connectivity index (χ0) is 16.2. The van der Waals surface area contributed by atoms with E-state index in [1.165, 1.54) is 0 Å². The monoisotopic (exact) mass is 383 g/mol. The molecule has 2 aromatic carbocycles. The molecule has 0 heterocycles. The van der Waals surface area contributed by atoms with E-state index in [-0.39, 0.29) is 10.9 Å². The normalized spacial score (nSPS) is 12.9. The summed E-state index contributed by atoms with van der Waals surface area (Å²) in [6, 6.07) is 14.0. The lowest BCUT2D eigenvalue weighted by Gasteiger charge is -2.15. The summed E-state index contributed by atoms with van der Waals surface area (Å²) in [5, 5.41) is 0. The first-order valence-electron chi connectivity index (χ1n) is 6.81. The highest BCUT2D eigenvalue weighted by Gasteiger charge is 2.17. The van der Waals surface area contributed by atoms with Crippen molar-refractivity contribution in [2.24, 2.45) is 0 Å². The van der Waals surface area contributed by atoms with Gasteiger partial charge in [0.2, 0.25) is 10.0 Å². The van der Waals surface area contributed by atoms with Crippen molar-refractivity contribution in [1.29, 1.82) is 0 Å². The Balaban J connectivity index is 2.09. The molecule has 118 valence electrons. The molecular formula is C16H18BrNO3S. The summed E-state index contributed by atoms with van der Waals surface area (Å²) < 4.78 is 33.3. The fourth-order valence-electron chi connectivity index (χ4n) is 2.16. The standard InChI is InChI=1S/C16H18BrNO3S/c1-12(9-13-5-3-7-15(10-13)21-2)18-22(19,20)16-8-4-6-14(17)11-16/h3-8,10-12,18H,9H2,1-2H3. The Bertz CT molecular complexity index is 747. The number of methoxy groups -OCH3 is 1. The predicted octanol–water partition coefficient (Wildman–Crippen LogP) is 3.37. The van der Waals surface area contributed by atoms with Crippen LogP contribution in [-0.2, 0) is 16.4 Å². The van der Waals surface area contributed by atoms with Crippen molar-refractivity contribution in [2.75, 3.05) is 7.11 Å². The lowest BCUT2D eigenvalue weighted by atomic mass is 10.1. The van der Waals surface area contributed by atoms with Gasteiger partial charge in [0.25, 0.3) is 0 Å². The Morgan fingerprint density at radius 1 is 1.18 bits per heavy atom. The van der Waals surface area contributed by atoms with Gasteiger partial charge in [-0.05, 0) is 49.2 Å².